The molecule has 1 atom stereocenters. The van der Waals surface area contributed by atoms with E-state index in [9.17, 15) is 13.2 Å². The molecule has 3 aromatic carbocycles. The van der Waals surface area contributed by atoms with Gasteiger partial charge in [-0.15, -0.1) is 0 Å². The summed E-state index contributed by atoms with van der Waals surface area (Å²) < 4.78 is 45.6. The second-order valence-electron chi connectivity index (χ2n) is 6.74. The molecule has 0 aliphatic rings. The summed E-state index contributed by atoms with van der Waals surface area (Å²) in [6, 6.07) is 22.7. The zero-order valence-corrected chi connectivity index (χ0v) is 16.6. The van der Waals surface area contributed by atoms with Gasteiger partial charge in [0, 0.05) is 11.5 Å². The van der Waals surface area contributed by atoms with E-state index in [0.717, 1.165) is 5.56 Å². The van der Waals surface area contributed by atoms with Crippen LogP contribution in [0, 0.1) is 0 Å². The average molecular weight is 416 g/mol. The Labute approximate surface area is 174 Å². The number of benzene rings is 3. The van der Waals surface area contributed by atoms with Crippen LogP contribution in [-0.4, -0.2) is 12.8 Å². The summed E-state index contributed by atoms with van der Waals surface area (Å²) in [6.45, 7) is 2.52. The van der Waals surface area contributed by atoms with E-state index in [2.05, 4.69) is 0 Å². The van der Waals surface area contributed by atoms with Crippen molar-refractivity contribution in [1.29, 1.82) is 0 Å². The first-order chi connectivity index (χ1) is 14.5. The van der Waals surface area contributed by atoms with Crippen molar-refractivity contribution in [2.24, 2.45) is 0 Å². The van der Waals surface area contributed by atoms with Crippen LogP contribution in [0.1, 0.15) is 36.0 Å². The predicted molar refractivity (Wildman–Crippen MR) is 108 cm³/mol. The van der Waals surface area contributed by atoms with E-state index in [-0.39, 0.29) is 12.4 Å². The Bertz CT molecular complexity index is 909. The Morgan fingerprint density at radius 3 is 2.17 bits per heavy atom. The zero-order valence-electron chi connectivity index (χ0n) is 16.6. The van der Waals surface area contributed by atoms with Crippen molar-refractivity contribution in [1.82, 2.24) is 0 Å². The molecule has 30 heavy (non-hydrogen) atoms. The van der Waals surface area contributed by atoms with E-state index in [1.54, 1.807) is 48.5 Å². The van der Waals surface area contributed by atoms with Gasteiger partial charge in [-0.25, -0.2) is 0 Å². The topological polar surface area (TPSA) is 27.7 Å². The number of alkyl halides is 3. The van der Waals surface area contributed by atoms with Crippen LogP contribution in [0.25, 0.3) is 0 Å². The van der Waals surface area contributed by atoms with E-state index < -0.39 is 18.5 Å². The lowest BCUT2D eigenvalue weighted by molar-refractivity contribution is -0.218. The lowest BCUT2D eigenvalue weighted by Crippen LogP contribution is -2.16. The van der Waals surface area contributed by atoms with Gasteiger partial charge in [0.05, 0.1) is 13.0 Å². The Kier molecular flexibility index (Phi) is 7.36. The summed E-state index contributed by atoms with van der Waals surface area (Å²) in [5.41, 5.74) is 1.83. The van der Waals surface area contributed by atoms with Gasteiger partial charge in [-0.05, 0) is 36.2 Å². The lowest BCUT2D eigenvalue weighted by atomic mass is 9.87. The highest BCUT2D eigenvalue weighted by Gasteiger charge is 2.34. The summed E-state index contributed by atoms with van der Waals surface area (Å²) in [5, 5.41) is 0. The van der Waals surface area contributed by atoms with Crippen molar-refractivity contribution < 1.29 is 27.7 Å². The fourth-order valence-corrected chi connectivity index (χ4v) is 3.18. The minimum Gasteiger partial charge on any atom is -0.494 e. The molecule has 3 nitrogen and oxygen atoms in total. The SMILES string of the molecule is CCOc1ccc(C(CC(F)(F)F)c2ccccc2OOCc2ccccc2)cc1. The monoisotopic (exact) mass is 416 g/mol. The molecule has 1 unspecified atom stereocenters. The highest BCUT2D eigenvalue weighted by atomic mass is 19.4. The molecule has 0 aromatic heterocycles. The van der Waals surface area contributed by atoms with Crippen molar-refractivity contribution in [3.63, 3.8) is 0 Å². The van der Waals surface area contributed by atoms with Crippen molar-refractivity contribution in [2.45, 2.75) is 32.0 Å². The maximum absolute atomic E-state index is 13.4. The molecule has 0 N–H and O–H groups in total. The van der Waals surface area contributed by atoms with Crippen LogP contribution in [0.2, 0.25) is 0 Å². The summed E-state index contributed by atoms with van der Waals surface area (Å²) in [4.78, 5) is 10.7. The second kappa shape index (κ2) is 10.2. The van der Waals surface area contributed by atoms with Gasteiger partial charge in [0.2, 0.25) is 0 Å². The normalized spacial score (nSPS) is 12.4. The van der Waals surface area contributed by atoms with Crippen LogP contribution in [0.3, 0.4) is 0 Å². The maximum atomic E-state index is 13.4. The Morgan fingerprint density at radius 1 is 0.833 bits per heavy atom. The van der Waals surface area contributed by atoms with Gasteiger partial charge < -0.3 is 9.62 Å². The average Bonchev–Trinajstić information content (AvgIpc) is 2.74. The van der Waals surface area contributed by atoms with Gasteiger partial charge in [-0.2, -0.15) is 18.1 Å². The first-order valence-electron chi connectivity index (χ1n) is 9.68. The van der Waals surface area contributed by atoms with E-state index in [1.165, 1.54) is 0 Å². The third-order valence-corrected chi connectivity index (χ3v) is 4.54. The lowest BCUT2D eigenvalue weighted by Gasteiger charge is -2.22. The highest BCUT2D eigenvalue weighted by Crippen LogP contribution is 2.40. The van der Waals surface area contributed by atoms with Crippen LogP contribution >= 0.6 is 0 Å². The number of rotatable bonds is 9. The third-order valence-electron chi connectivity index (χ3n) is 4.54. The molecule has 0 aliphatic carbocycles. The fraction of sp³-hybridized carbons (Fsp3) is 0.250. The number of halogens is 3. The molecule has 0 bridgehead atoms. The molecule has 0 saturated carbocycles. The predicted octanol–water partition coefficient (Wildman–Crippen LogP) is 6.68. The van der Waals surface area contributed by atoms with Crippen molar-refractivity contribution in [2.75, 3.05) is 6.61 Å². The zero-order chi connectivity index (χ0) is 21.4. The van der Waals surface area contributed by atoms with E-state index in [1.807, 2.05) is 37.3 Å². The molecule has 0 heterocycles. The van der Waals surface area contributed by atoms with E-state index >= 15 is 0 Å². The smallest absolute Gasteiger partial charge is 0.390 e. The van der Waals surface area contributed by atoms with Crippen LogP contribution in [-0.2, 0) is 11.5 Å². The molecular formula is C24H23F3O3. The van der Waals surface area contributed by atoms with Gasteiger partial charge >= 0.3 is 6.18 Å². The molecule has 3 rings (SSSR count). The molecular weight excluding hydrogens is 393 g/mol. The molecule has 0 aliphatic heterocycles. The summed E-state index contributed by atoms with van der Waals surface area (Å²) in [5.74, 6) is -0.0588. The number of ether oxygens (including phenoxy) is 1. The molecule has 158 valence electrons. The van der Waals surface area contributed by atoms with Crippen molar-refractivity contribution in [3.05, 3.63) is 95.6 Å². The van der Waals surface area contributed by atoms with Crippen molar-refractivity contribution in [3.8, 4) is 11.5 Å². The number of hydrogen-bond acceptors (Lipinski definition) is 3. The Hall–Kier alpha value is -2.99. The number of para-hydroxylation sites is 1. The van der Waals surface area contributed by atoms with Gasteiger partial charge in [0.15, 0.2) is 5.75 Å². The summed E-state index contributed by atoms with van der Waals surface area (Å²) in [6.07, 6.45) is -5.36. The first-order valence-corrected chi connectivity index (χ1v) is 9.68. The van der Waals surface area contributed by atoms with E-state index in [4.69, 9.17) is 14.5 Å². The van der Waals surface area contributed by atoms with Gasteiger partial charge in [0.25, 0.3) is 0 Å². The van der Waals surface area contributed by atoms with Crippen LogP contribution in [0.4, 0.5) is 13.2 Å². The molecule has 3 aromatic rings. The fourth-order valence-electron chi connectivity index (χ4n) is 3.18. The summed E-state index contributed by atoms with van der Waals surface area (Å²) >= 11 is 0. The van der Waals surface area contributed by atoms with Crippen molar-refractivity contribution >= 4 is 0 Å². The maximum Gasteiger partial charge on any atom is 0.390 e. The quantitative estimate of drug-likeness (QED) is 0.288. The Balaban J connectivity index is 1.84. The summed E-state index contributed by atoms with van der Waals surface area (Å²) in [7, 11) is 0. The minimum absolute atomic E-state index is 0.183. The molecule has 0 saturated heterocycles. The van der Waals surface area contributed by atoms with Crippen LogP contribution in [0.5, 0.6) is 11.5 Å². The minimum atomic E-state index is -4.35. The van der Waals surface area contributed by atoms with Crippen LogP contribution in [0.15, 0.2) is 78.9 Å². The second-order valence-corrected chi connectivity index (χ2v) is 6.74. The highest BCUT2D eigenvalue weighted by molar-refractivity contribution is 5.43. The van der Waals surface area contributed by atoms with Gasteiger partial charge in [0.1, 0.15) is 12.4 Å². The first kappa shape index (κ1) is 21.7. The largest absolute Gasteiger partial charge is 0.494 e. The van der Waals surface area contributed by atoms with Gasteiger partial charge in [-0.1, -0.05) is 60.7 Å². The van der Waals surface area contributed by atoms with Gasteiger partial charge in [-0.3, -0.25) is 0 Å². The third kappa shape index (κ3) is 6.26. The van der Waals surface area contributed by atoms with Crippen LogP contribution < -0.4 is 9.62 Å². The molecule has 0 radical (unpaired) electrons. The van der Waals surface area contributed by atoms with E-state index in [0.29, 0.717) is 23.5 Å². The Morgan fingerprint density at radius 2 is 1.50 bits per heavy atom. The molecule has 6 heteroatoms. The standard InChI is InChI=1S/C24H23F3O3/c1-2-28-20-14-12-19(13-15-20)22(16-24(25,26)27)21-10-6-7-11-23(21)30-29-17-18-8-4-3-5-9-18/h3-15,22H,2,16-17H2,1H3. The molecule has 0 spiro atoms. The number of hydrogen-bond donors (Lipinski definition) is 0. The molecule has 0 fully saturated rings. The molecule has 0 amide bonds.